The standard InChI is InChI=1S/C13H7Cl2FO2/c14-10-5-4-7(6-11(10)15)8-2-1-3-9(12(8)16)13(17)18/h1-6H,(H,17,18). The summed E-state index contributed by atoms with van der Waals surface area (Å²) in [4.78, 5) is 10.8. The molecule has 2 aromatic rings. The number of aromatic carboxylic acids is 1. The second-order valence-corrected chi connectivity index (χ2v) is 4.42. The van der Waals surface area contributed by atoms with Crippen LogP contribution in [0.4, 0.5) is 4.39 Å². The minimum absolute atomic E-state index is 0.175. The summed E-state index contributed by atoms with van der Waals surface area (Å²) in [5.74, 6) is -2.10. The highest BCUT2D eigenvalue weighted by atomic mass is 35.5. The Labute approximate surface area is 113 Å². The highest BCUT2D eigenvalue weighted by molar-refractivity contribution is 6.42. The average Bonchev–Trinajstić information content (AvgIpc) is 2.33. The van der Waals surface area contributed by atoms with Gasteiger partial charge in [0.25, 0.3) is 0 Å². The van der Waals surface area contributed by atoms with Gasteiger partial charge in [0, 0.05) is 5.56 Å². The molecule has 0 bridgehead atoms. The van der Waals surface area contributed by atoms with Gasteiger partial charge in [0.05, 0.1) is 15.6 Å². The summed E-state index contributed by atoms with van der Waals surface area (Å²) in [7, 11) is 0. The van der Waals surface area contributed by atoms with Crippen LogP contribution in [0, 0.1) is 5.82 Å². The molecule has 18 heavy (non-hydrogen) atoms. The van der Waals surface area contributed by atoms with Gasteiger partial charge in [0.1, 0.15) is 5.82 Å². The van der Waals surface area contributed by atoms with Gasteiger partial charge in [-0.1, -0.05) is 41.4 Å². The van der Waals surface area contributed by atoms with Crippen LogP contribution in [0.15, 0.2) is 36.4 Å². The first-order valence-corrected chi connectivity index (χ1v) is 5.73. The van der Waals surface area contributed by atoms with Gasteiger partial charge in [-0.15, -0.1) is 0 Å². The van der Waals surface area contributed by atoms with Crippen LogP contribution in [0.2, 0.25) is 10.0 Å². The Balaban J connectivity index is 2.60. The fraction of sp³-hybridized carbons (Fsp3) is 0. The Kier molecular flexibility index (Phi) is 3.55. The molecule has 0 atom stereocenters. The molecule has 0 aliphatic heterocycles. The molecule has 0 spiro atoms. The first-order valence-electron chi connectivity index (χ1n) is 4.98. The molecule has 5 heteroatoms. The van der Waals surface area contributed by atoms with Gasteiger partial charge < -0.3 is 5.11 Å². The Bertz CT molecular complexity index is 626. The van der Waals surface area contributed by atoms with Gasteiger partial charge in [-0.2, -0.15) is 0 Å². The minimum atomic E-state index is -1.31. The van der Waals surface area contributed by atoms with Crippen LogP contribution in [0.5, 0.6) is 0 Å². The monoisotopic (exact) mass is 284 g/mol. The highest BCUT2D eigenvalue weighted by Gasteiger charge is 2.15. The quantitative estimate of drug-likeness (QED) is 0.882. The smallest absolute Gasteiger partial charge is 0.338 e. The van der Waals surface area contributed by atoms with Crippen molar-refractivity contribution in [2.24, 2.45) is 0 Å². The number of carboxylic acid groups (broad SMARTS) is 1. The van der Waals surface area contributed by atoms with E-state index in [1.807, 2.05) is 0 Å². The third kappa shape index (κ3) is 2.33. The first kappa shape index (κ1) is 12.9. The zero-order valence-electron chi connectivity index (χ0n) is 8.95. The molecule has 2 rings (SSSR count). The second-order valence-electron chi connectivity index (χ2n) is 3.60. The third-order valence-electron chi connectivity index (χ3n) is 2.46. The van der Waals surface area contributed by atoms with Gasteiger partial charge in [-0.3, -0.25) is 0 Å². The number of benzene rings is 2. The molecule has 0 aliphatic rings. The molecule has 0 aliphatic carbocycles. The summed E-state index contributed by atoms with van der Waals surface area (Å²) >= 11 is 11.6. The van der Waals surface area contributed by atoms with Crippen LogP contribution >= 0.6 is 23.2 Å². The van der Waals surface area contributed by atoms with Crippen molar-refractivity contribution in [1.82, 2.24) is 0 Å². The Morgan fingerprint density at radius 1 is 1.11 bits per heavy atom. The van der Waals surface area contributed by atoms with Crippen LogP contribution in [0.1, 0.15) is 10.4 Å². The van der Waals surface area contributed by atoms with Gasteiger partial charge in [0.2, 0.25) is 0 Å². The number of carboxylic acids is 1. The maximum absolute atomic E-state index is 14.0. The van der Waals surface area contributed by atoms with Crippen molar-refractivity contribution in [2.45, 2.75) is 0 Å². The van der Waals surface area contributed by atoms with Crippen LogP contribution in [-0.4, -0.2) is 11.1 Å². The fourth-order valence-corrected chi connectivity index (χ4v) is 1.88. The molecule has 0 amide bonds. The largest absolute Gasteiger partial charge is 0.478 e. The first-order chi connectivity index (χ1) is 8.50. The second kappa shape index (κ2) is 4.96. The maximum Gasteiger partial charge on any atom is 0.338 e. The lowest BCUT2D eigenvalue weighted by Crippen LogP contribution is -2.01. The fourth-order valence-electron chi connectivity index (χ4n) is 1.58. The Morgan fingerprint density at radius 2 is 1.83 bits per heavy atom. The van der Waals surface area contributed by atoms with E-state index in [4.69, 9.17) is 28.3 Å². The number of hydrogen-bond donors (Lipinski definition) is 1. The summed E-state index contributed by atoms with van der Waals surface area (Å²) in [5.41, 5.74) is 0.275. The van der Waals surface area contributed by atoms with Crippen molar-refractivity contribution in [3.63, 3.8) is 0 Å². The van der Waals surface area contributed by atoms with E-state index >= 15 is 0 Å². The van der Waals surface area contributed by atoms with E-state index in [0.29, 0.717) is 10.6 Å². The lowest BCUT2D eigenvalue weighted by Gasteiger charge is -2.07. The molecule has 1 N–H and O–H groups in total. The van der Waals surface area contributed by atoms with Crippen molar-refractivity contribution in [1.29, 1.82) is 0 Å². The van der Waals surface area contributed by atoms with Crippen LogP contribution < -0.4 is 0 Å². The zero-order valence-corrected chi connectivity index (χ0v) is 10.5. The Morgan fingerprint density at radius 3 is 2.44 bits per heavy atom. The molecular formula is C13H7Cl2FO2. The number of hydrogen-bond acceptors (Lipinski definition) is 1. The zero-order chi connectivity index (χ0) is 13.3. The molecular weight excluding hydrogens is 278 g/mol. The summed E-state index contributed by atoms with van der Waals surface area (Å²) in [5, 5.41) is 9.49. The number of rotatable bonds is 2. The lowest BCUT2D eigenvalue weighted by molar-refractivity contribution is 0.0692. The predicted octanol–water partition coefficient (Wildman–Crippen LogP) is 4.50. The van der Waals surface area contributed by atoms with Gasteiger partial charge >= 0.3 is 5.97 Å². The molecule has 0 saturated heterocycles. The highest BCUT2D eigenvalue weighted by Crippen LogP contribution is 2.30. The van der Waals surface area contributed by atoms with E-state index in [-0.39, 0.29) is 16.1 Å². The SMILES string of the molecule is O=C(O)c1cccc(-c2ccc(Cl)c(Cl)c2)c1F. The normalized spacial score (nSPS) is 10.4. The van der Waals surface area contributed by atoms with Gasteiger partial charge in [-0.05, 0) is 23.8 Å². The van der Waals surface area contributed by atoms with E-state index in [1.54, 1.807) is 6.07 Å². The summed E-state index contributed by atoms with van der Waals surface area (Å²) in [6, 6.07) is 8.78. The van der Waals surface area contributed by atoms with Crippen molar-refractivity contribution >= 4 is 29.2 Å². The third-order valence-corrected chi connectivity index (χ3v) is 3.20. The molecule has 0 unspecified atom stereocenters. The molecule has 0 fully saturated rings. The molecule has 2 nitrogen and oxygen atoms in total. The Hall–Kier alpha value is -1.58. The topological polar surface area (TPSA) is 37.3 Å². The number of halogens is 3. The van der Waals surface area contributed by atoms with Crippen molar-refractivity contribution in [2.75, 3.05) is 0 Å². The molecule has 0 radical (unpaired) electrons. The molecule has 2 aromatic carbocycles. The summed E-state index contributed by atoms with van der Waals surface area (Å²) in [6.45, 7) is 0. The molecule has 0 heterocycles. The maximum atomic E-state index is 14.0. The van der Waals surface area contributed by atoms with Crippen molar-refractivity contribution in [3.8, 4) is 11.1 Å². The average molecular weight is 285 g/mol. The number of carbonyl (C=O) groups is 1. The van der Waals surface area contributed by atoms with Crippen LogP contribution in [-0.2, 0) is 0 Å². The van der Waals surface area contributed by atoms with E-state index in [0.717, 1.165) is 0 Å². The molecule has 0 saturated carbocycles. The van der Waals surface area contributed by atoms with E-state index in [9.17, 15) is 9.18 Å². The van der Waals surface area contributed by atoms with Crippen LogP contribution in [0.3, 0.4) is 0 Å². The molecule has 92 valence electrons. The van der Waals surface area contributed by atoms with Gasteiger partial charge in [0.15, 0.2) is 0 Å². The minimum Gasteiger partial charge on any atom is -0.478 e. The molecule has 0 aromatic heterocycles. The van der Waals surface area contributed by atoms with E-state index in [1.165, 1.54) is 30.3 Å². The summed E-state index contributed by atoms with van der Waals surface area (Å²) < 4.78 is 14.0. The lowest BCUT2D eigenvalue weighted by atomic mass is 10.0. The van der Waals surface area contributed by atoms with Crippen LogP contribution in [0.25, 0.3) is 11.1 Å². The summed E-state index contributed by atoms with van der Waals surface area (Å²) in [6.07, 6.45) is 0. The predicted molar refractivity (Wildman–Crippen MR) is 68.8 cm³/mol. The van der Waals surface area contributed by atoms with E-state index < -0.39 is 11.8 Å². The van der Waals surface area contributed by atoms with E-state index in [2.05, 4.69) is 0 Å². The van der Waals surface area contributed by atoms with Gasteiger partial charge in [-0.25, -0.2) is 9.18 Å². The van der Waals surface area contributed by atoms with Crippen molar-refractivity contribution < 1.29 is 14.3 Å². The van der Waals surface area contributed by atoms with Crippen molar-refractivity contribution in [3.05, 3.63) is 57.8 Å².